The molecule has 0 saturated heterocycles. The third kappa shape index (κ3) is 3.67. The van der Waals surface area contributed by atoms with E-state index in [9.17, 15) is 5.26 Å². The Hall–Kier alpha value is -2.67. The highest BCUT2D eigenvalue weighted by atomic mass is 16.5. The van der Waals surface area contributed by atoms with Gasteiger partial charge in [0, 0.05) is 11.3 Å². The Morgan fingerprint density at radius 1 is 1.14 bits per heavy atom. The molecular weight excluding hydrogens is 264 g/mol. The Kier molecular flexibility index (Phi) is 5.05. The number of nitrogens with one attached hydrogen (secondary N) is 1. The van der Waals surface area contributed by atoms with Gasteiger partial charge in [0.15, 0.2) is 0 Å². The SMILES string of the molecule is CCOc1ccccc1C(C#N)Nc1ccc(OC)cc1. The van der Waals surface area contributed by atoms with Crippen LogP contribution in [-0.4, -0.2) is 13.7 Å². The van der Waals surface area contributed by atoms with Crippen LogP contribution in [0.3, 0.4) is 0 Å². The number of nitrogens with zero attached hydrogens (tertiary/aromatic N) is 1. The zero-order valence-electron chi connectivity index (χ0n) is 12.2. The van der Waals surface area contributed by atoms with Crippen molar-refractivity contribution >= 4 is 5.69 Å². The summed E-state index contributed by atoms with van der Waals surface area (Å²) in [5.41, 5.74) is 1.69. The highest BCUT2D eigenvalue weighted by Crippen LogP contribution is 2.28. The summed E-state index contributed by atoms with van der Waals surface area (Å²) in [5, 5.41) is 12.6. The van der Waals surface area contributed by atoms with Crippen molar-refractivity contribution in [1.29, 1.82) is 5.26 Å². The first kappa shape index (κ1) is 14.7. The van der Waals surface area contributed by atoms with E-state index in [-0.39, 0.29) is 0 Å². The lowest BCUT2D eigenvalue weighted by Crippen LogP contribution is -2.10. The minimum Gasteiger partial charge on any atom is -0.497 e. The van der Waals surface area contributed by atoms with Crippen molar-refractivity contribution < 1.29 is 9.47 Å². The Labute approximate surface area is 124 Å². The van der Waals surface area contributed by atoms with Crippen LogP contribution < -0.4 is 14.8 Å². The van der Waals surface area contributed by atoms with Crippen molar-refractivity contribution in [3.8, 4) is 17.6 Å². The highest BCUT2D eigenvalue weighted by molar-refractivity contribution is 5.51. The topological polar surface area (TPSA) is 54.3 Å². The monoisotopic (exact) mass is 282 g/mol. The molecule has 108 valence electrons. The molecule has 2 aromatic rings. The van der Waals surface area contributed by atoms with Gasteiger partial charge in [0.1, 0.15) is 17.5 Å². The maximum atomic E-state index is 9.44. The Balaban J connectivity index is 2.21. The molecule has 0 aliphatic heterocycles. The molecule has 4 nitrogen and oxygen atoms in total. The smallest absolute Gasteiger partial charge is 0.143 e. The first-order chi connectivity index (χ1) is 10.3. The molecule has 0 spiro atoms. The first-order valence-electron chi connectivity index (χ1n) is 6.80. The zero-order valence-corrected chi connectivity index (χ0v) is 12.2. The highest BCUT2D eigenvalue weighted by Gasteiger charge is 2.15. The lowest BCUT2D eigenvalue weighted by atomic mass is 10.1. The molecule has 0 radical (unpaired) electrons. The summed E-state index contributed by atoms with van der Waals surface area (Å²) in [5.74, 6) is 1.51. The van der Waals surface area contributed by atoms with Gasteiger partial charge in [-0.15, -0.1) is 0 Å². The van der Waals surface area contributed by atoms with Gasteiger partial charge in [-0.25, -0.2) is 0 Å². The van der Waals surface area contributed by atoms with Crippen molar-refractivity contribution in [2.45, 2.75) is 13.0 Å². The second kappa shape index (κ2) is 7.20. The van der Waals surface area contributed by atoms with Gasteiger partial charge in [0.25, 0.3) is 0 Å². The van der Waals surface area contributed by atoms with Gasteiger partial charge < -0.3 is 14.8 Å². The summed E-state index contributed by atoms with van der Waals surface area (Å²) in [6, 6.07) is 16.8. The number of ether oxygens (including phenoxy) is 2. The van der Waals surface area contributed by atoms with Gasteiger partial charge in [0.2, 0.25) is 0 Å². The second-order valence-electron chi connectivity index (χ2n) is 4.41. The van der Waals surface area contributed by atoms with E-state index in [1.807, 2.05) is 55.5 Å². The Morgan fingerprint density at radius 3 is 2.48 bits per heavy atom. The molecule has 0 heterocycles. The van der Waals surface area contributed by atoms with E-state index >= 15 is 0 Å². The number of hydrogen-bond donors (Lipinski definition) is 1. The van der Waals surface area contributed by atoms with Gasteiger partial charge >= 0.3 is 0 Å². The standard InChI is InChI=1S/C17H18N2O2/c1-3-21-17-7-5-4-6-15(17)16(12-18)19-13-8-10-14(20-2)11-9-13/h4-11,16,19H,3H2,1-2H3. The fourth-order valence-corrected chi connectivity index (χ4v) is 2.04. The number of anilines is 1. The quantitative estimate of drug-likeness (QED) is 0.876. The number of hydrogen-bond acceptors (Lipinski definition) is 4. The van der Waals surface area contributed by atoms with Crippen molar-refractivity contribution in [1.82, 2.24) is 0 Å². The van der Waals surface area contributed by atoms with Crippen molar-refractivity contribution in [2.24, 2.45) is 0 Å². The third-order valence-electron chi connectivity index (χ3n) is 3.06. The number of methoxy groups -OCH3 is 1. The fourth-order valence-electron chi connectivity index (χ4n) is 2.04. The van der Waals surface area contributed by atoms with Crippen LogP contribution in [0.1, 0.15) is 18.5 Å². The van der Waals surface area contributed by atoms with Gasteiger partial charge in [-0.05, 0) is 37.3 Å². The molecule has 0 aliphatic carbocycles. The van der Waals surface area contributed by atoms with E-state index in [1.54, 1.807) is 7.11 Å². The van der Waals surface area contributed by atoms with E-state index in [0.717, 1.165) is 22.7 Å². The molecule has 1 unspecified atom stereocenters. The molecule has 2 rings (SSSR count). The normalized spacial score (nSPS) is 11.3. The fraction of sp³-hybridized carbons (Fsp3) is 0.235. The van der Waals surface area contributed by atoms with E-state index in [1.165, 1.54) is 0 Å². The summed E-state index contributed by atoms with van der Waals surface area (Å²) in [6.45, 7) is 2.49. The Morgan fingerprint density at radius 2 is 1.86 bits per heavy atom. The summed E-state index contributed by atoms with van der Waals surface area (Å²) in [6.07, 6.45) is 0. The minimum atomic E-state index is -0.471. The minimum absolute atomic E-state index is 0.471. The first-order valence-corrected chi connectivity index (χ1v) is 6.80. The third-order valence-corrected chi connectivity index (χ3v) is 3.06. The van der Waals surface area contributed by atoms with E-state index in [2.05, 4.69) is 11.4 Å². The van der Waals surface area contributed by atoms with Crippen LogP contribution in [0, 0.1) is 11.3 Å². The maximum absolute atomic E-state index is 9.44. The molecule has 0 amide bonds. The number of rotatable bonds is 6. The van der Waals surface area contributed by atoms with Crippen LogP contribution >= 0.6 is 0 Å². The van der Waals surface area contributed by atoms with Crippen LogP contribution in [0.4, 0.5) is 5.69 Å². The lowest BCUT2D eigenvalue weighted by molar-refractivity contribution is 0.336. The molecule has 4 heteroatoms. The summed E-state index contributed by atoms with van der Waals surface area (Å²) < 4.78 is 10.7. The molecule has 2 aromatic carbocycles. The predicted molar refractivity (Wildman–Crippen MR) is 82.6 cm³/mol. The van der Waals surface area contributed by atoms with Crippen LogP contribution in [0.2, 0.25) is 0 Å². The van der Waals surface area contributed by atoms with Gasteiger partial charge in [0.05, 0.1) is 19.8 Å². The molecule has 1 N–H and O–H groups in total. The lowest BCUT2D eigenvalue weighted by Gasteiger charge is -2.17. The van der Waals surface area contributed by atoms with Crippen molar-refractivity contribution in [2.75, 3.05) is 19.0 Å². The predicted octanol–water partition coefficient (Wildman–Crippen LogP) is 3.77. The maximum Gasteiger partial charge on any atom is 0.143 e. The van der Waals surface area contributed by atoms with Gasteiger partial charge in [-0.3, -0.25) is 0 Å². The summed E-state index contributed by atoms with van der Waals surface area (Å²) in [4.78, 5) is 0. The molecule has 0 saturated carbocycles. The molecule has 1 atom stereocenters. The zero-order chi connectivity index (χ0) is 15.1. The van der Waals surface area contributed by atoms with E-state index in [4.69, 9.17) is 9.47 Å². The molecule has 0 aliphatic rings. The van der Waals surface area contributed by atoms with Gasteiger partial charge in [-0.2, -0.15) is 5.26 Å². The molecular formula is C17H18N2O2. The second-order valence-corrected chi connectivity index (χ2v) is 4.41. The number of para-hydroxylation sites is 1. The average molecular weight is 282 g/mol. The average Bonchev–Trinajstić information content (AvgIpc) is 2.54. The largest absolute Gasteiger partial charge is 0.497 e. The number of benzene rings is 2. The summed E-state index contributed by atoms with van der Waals surface area (Å²) in [7, 11) is 1.62. The molecule has 0 fully saturated rings. The summed E-state index contributed by atoms with van der Waals surface area (Å²) >= 11 is 0. The van der Waals surface area contributed by atoms with Crippen LogP contribution in [-0.2, 0) is 0 Å². The van der Waals surface area contributed by atoms with E-state index in [0.29, 0.717) is 6.61 Å². The molecule has 0 aromatic heterocycles. The number of nitriles is 1. The molecule has 0 bridgehead atoms. The Bertz CT molecular complexity index is 617. The van der Waals surface area contributed by atoms with Crippen LogP contribution in [0.25, 0.3) is 0 Å². The van der Waals surface area contributed by atoms with Gasteiger partial charge in [-0.1, -0.05) is 18.2 Å². The van der Waals surface area contributed by atoms with Crippen molar-refractivity contribution in [3.05, 3.63) is 54.1 Å². The molecule has 21 heavy (non-hydrogen) atoms. The van der Waals surface area contributed by atoms with Crippen LogP contribution in [0.5, 0.6) is 11.5 Å². The van der Waals surface area contributed by atoms with Crippen LogP contribution in [0.15, 0.2) is 48.5 Å². The van der Waals surface area contributed by atoms with Crippen molar-refractivity contribution in [3.63, 3.8) is 0 Å². The van der Waals surface area contributed by atoms with E-state index < -0.39 is 6.04 Å².